The molecular weight excluding hydrogens is 578 g/mol. The Bertz CT molecular complexity index is 1650. The fourth-order valence-corrected chi connectivity index (χ4v) is 5.53. The molecule has 0 aliphatic carbocycles. The van der Waals surface area contributed by atoms with E-state index in [1.807, 2.05) is 31.2 Å². The molecule has 0 spiro atoms. The Morgan fingerprint density at radius 2 is 1.52 bits per heavy atom. The van der Waals surface area contributed by atoms with Crippen molar-refractivity contribution in [2.75, 3.05) is 6.54 Å². The molecule has 0 fully saturated rings. The Labute approximate surface area is 258 Å². The van der Waals surface area contributed by atoms with Crippen LogP contribution in [0.2, 0.25) is 0 Å². The summed E-state index contributed by atoms with van der Waals surface area (Å²) in [6, 6.07) is 25.4. The molecule has 1 heterocycles. The number of benzene rings is 3. The Hall–Kier alpha value is -4.54. The Morgan fingerprint density at radius 1 is 0.909 bits per heavy atom. The average molecular weight is 616 g/mol. The van der Waals surface area contributed by atoms with Crippen LogP contribution >= 0.6 is 0 Å². The third-order valence-electron chi connectivity index (χ3n) is 6.84. The minimum absolute atomic E-state index is 0.0216. The number of ether oxygens (including phenoxy) is 1. The van der Waals surface area contributed by atoms with Crippen LogP contribution in [0.1, 0.15) is 55.3 Å². The second-order valence-electron chi connectivity index (χ2n) is 11.5. The van der Waals surface area contributed by atoms with E-state index in [9.17, 15) is 23.1 Å². The number of carbonyl (C=O) groups is 2. The summed E-state index contributed by atoms with van der Waals surface area (Å²) in [5, 5.41) is 10.8. The maximum Gasteiger partial charge on any atom is 0.410 e. The first kappa shape index (κ1) is 32.4. The Morgan fingerprint density at radius 3 is 2.09 bits per heavy atom. The highest BCUT2D eigenvalue weighted by molar-refractivity contribution is 7.90. The standard InChI is InChI=1S/C34H37N3O6S/c1-24(37(33(40)43-34(2,3)4)23-31(38)29-11-8-20-35-22-29)21-25-12-14-26(15-13-25)27-16-18-30(19-17-27)44(41,42)36-32(39)28-9-6-5-7-10-28/h5-20,22,24,31,38H,21,23H2,1-4H3,(H,36,39)/t24-,31+/m1/s1. The monoisotopic (exact) mass is 615 g/mol. The van der Waals surface area contributed by atoms with E-state index in [1.165, 1.54) is 17.0 Å². The number of hydrogen-bond donors (Lipinski definition) is 2. The van der Waals surface area contributed by atoms with Crippen molar-refractivity contribution < 1.29 is 27.9 Å². The summed E-state index contributed by atoms with van der Waals surface area (Å²) in [6.07, 6.45) is 2.26. The number of carbonyl (C=O) groups excluding carboxylic acids is 2. The highest BCUT2D eigenvalue weighted by Gasteiger charge is 2.28. The summed E-state index contributed by atoms with van der Waals surface area (Å²) < 4.78 is 33.2. The first-order valence-corrected chi connectivity index (χ1v) is 15.7. The second kappa shape index (κ2) is 13.8. The van der Waals surface area contributed by atoms with Gasteiger partial charge >= 0.3 is 6.09 Å². The number of hydrogen-bond acceptors (Lipinski definition) is 7. The second-order valence-corrected chi connectivity index (χ2v) is 13.2. The van der Waals surface area contributed by atoms with Gasteiger partial charge in [0.25, 0.3) is 15.9 Å². The quantitative estimate of drug-likeness (QED) is 0.232. The van der Waals surface area contributed by atoms with Crippen LogP contribution in [0.3, 0.4) is 0 Å². The normalized spacial score (nSPS) is 13.0. The van der Waals surface area contributed by atoms with Crippen LogP contribution in [0.5, 0.6) is 0 Å². The summed E-state index contributed by atoms with van der Waals surface area (Å²) in [5.41, 5.74) is 2.80. The highest BCUT2D eigenvalue weighted by Crippen LogP contribution is 2.24. The number of pyridine rings is 1. The van der Waals surface area contributed by atoms with Crippen LogP contribution in [-0.2, 0) is 21.2 Å². The van der Waals surface area contributed by atoms with Crippen LogP contribution in [0.25, 0.3) is 11.1 Å². The van der Waals surface area contributed by atoms with Gasteiger partial charge in [0.05, 0.1) is 17.5 Å². The number of aliphatic hydroxyl groups excluding tert-OH is 1. The minimum Gasteiger partial charge on any atom is -0.444 e. The van der Waals surface area contributed by atoms with Gasteiger partial charge in [-0.3, -0.25) is 9.78 Å². The average Bonchev–Trinajstić information content (AvgIpc) is 3.00. The Kier molecular flexibility index (Phi) is 10.2. The largest absolute Gasteiger partial charge is 0.444 e. The molecule has 2 amide bonds. The SMILES string of the molecule is C[C@H](Cc1ccc(-c2ccc(S(=O)(=O)NC(=O)c3ccccc3)cc2)cc1)N(C[C@H](O)c1cccnc1)C(=O)OC(C)(C)C. The van der Waals surface area contributed by atoms with Gasteiger partial charge in [-0.1, -0.05) is 60.7 Å². The number of amides is 2. The van der Waals surface area contributed by atoms with Crippen molar-refractivity contribution in [3.63, 3.8) is 0 Å². The zero-order chi connectivity index (χ0) is 31.9. The molecule has 2 atom stereocenters. The van der Waals surface area contributed by atoms with Crippen LogP contribution in [0, 0.1) is 0 Å². The van der Waals surface area contributed by atoms with Gasteiger partial charge in [0.1, 0.15) is 5.60 Å². The minimum atomic E-state index is -4.04. The lowest BCUT2D eigenvalue weighted by Crippen LogP contribution is -2.45. The zero-order valence-electron chi connectivity index (χ0n) is 25.2. The van der Waals surface area contributed by atoms with Gasteiger partial charge in [0.15, 0.2) is 0 Å². The summed E-state index contributed by atoms with van der Waals surface area (Å²) >= 11 is 0. The van der Waals surface area contributed by atoms with E-state index in [4.69, 9.17) is 4.74 Å². The van der Waals surface area contributed by atoms with Gasteiger partial charge in [0, 0.05) is 29.6 Å². The summed E-state index contributed by atoms with van der Waals surface area (Å²) in [6.45, 7) is 7.34. The Balaban J connectivity index is 1.44. The first-order valence-electron chi connectivity index (χ1n) is 14.2. The van der Waals surface area contributed by atoms with Crippen LogP contribution in [-0.4, -0.2) is 53.6 Å². The van der Waals surface area contributed by atoms with Crippen LogP contribution in [0.4, 0.5) is 4.79 Å². The van der Waals surface area contributed by atoms with E-state index in [1.54, 1.807) is 87.8 Å². The molecule has 44 heavy (non-hydrogen) atoms. The van der Waals surface area contributed by atoms with Crippen molar-refractivity contribution in [3.05, 3.63) is 120 Å². The van der Waals surface area contributed by atoms with E-state index < -0.39 is 33.7 Å². The van der Waals surface area contributed by atoms with Gasteiger partial charge in [0.2, 0.25) is 0 Å². The predicted molar refractivity (Wildman–Crippen MR) is 168 cm³/mol. The topological polar surface area (TPSA) is 126 Å². The van der Waals surface area contributed by atoms with Crippen molar-refractivity contribution in [2.24, 2.45) is 0 Å². The van der Waals surface area contributed by atoms with Crippen LogP contribution in [0.15, 0.2) is 108 Å². The number of nitrogens with zero attached hydrogens (tertiary/aromatic N) is 2. The van der Waals surface area contributed by atoms with Crippen molar-refractivity contribution in [1.82, 2.24) is 14.6 Å². The summed E-state index contributed by atoms with van der Waals surface area (Å²) in [5.74, 6) is -0.698. The number of aromatic nitrogens is 1. The van der Waals surface area contributed by atoms with Crippen LogP contribution < -0.4 is 4.72 Å². The number of sulfonamides is 1. The van der Waals surface area contributed by atoms with Crippen molar-refractivity contribution in [1.29, 1.82) is 0 Å². The third-order valence-corrected chi connectivity index (χ3v) is 8.19. The number of nitrogens with one attached hydrogen (secondary N) is 1. The van der Waals surface area contributed by atoms with Crippen molar-refractivity contribution >= 4 is 22.0 Å². The molecule has 1 aromatic heterocycles. The molecule has 0 unspecified atom stereocenters. The van der Waals surface area contributed by atoms with Crippen molar-refractivity contribution in [3.8, 4) is 11.1 Å². The molecule has 230 valence electrons. The molecule has 4 rings (SSSR count). The molecule has 0 saturated carbocycles. The number of rotatable bonds is 10. The smallest absolute Gasteiger partial charge is 0.410 e. The first-order chi connectivity index (χ1) is 20.8. The van der Waals surface area contributed by atoms with E-state index in [-0.39, 0.29) is 23.0 Å². The van der Waals surface area contributed by atoms with E-state index >= 15 is 0 Å². The van der Waals surface area contributed by atoms with E-state index in [0.29, 0.717) is 12.0 Å². The molecule has 9 nitrogen and oxygen atoms in total. The van der Waals surface area contributed by atoms with E-state index in [2.05, 4.69) is 9.71 Å². The lowest BCUT2D eigenvalue weighted by atomic mass is 10.0. The van der Waals surface area contributed by atoms with Gasteiger partial charge in [-0.2, -0.15) is 0 Å². The molecule has 10 heteroatoms. The van der Waals surface area contributed by atoms with E-state index in [0.717, 1.165) is 16.7 Å². The van der Waals surface area contributed by atoms with Crippen molar-refractivity contribution in [2.45, 2.75) is 56.8 Å². The number of aliphatic hydroxyl groups is 1. The molecule has 0 saturated heterocycles. The zero-order valence-corrected chi connectivity index (χ0v) is 26.0. The van der Waals surface area contributed by atoms with Gasteiger partial charge < -0.3 is 14.7 Å². The summed E-state index contributed by atoms with van der Waals surface area (Å²) in [4.78, 5) is 31.1. The highest BCUT2D eigenvalue weighted by atomic mass is 32.2. The van der Waals surface area contributed by atoms with Gasteiger partial charge in [-0.05, 0) is 81.1 Å². The summed E-state index contributed by atoms with van der Waals surface area (Å²) in [7, 11) is -4.04. The molecule has 2 N–H and O–H groups in total. The molecule has 0 bridgehead atoms. The van der Waals surface area contributed by atoms with Gasteiger partial charge in [-0.25, -0.2) is 17.9 Å². The fraction of sp³-hybridized carbons (Fsp3) is 0.265. The fourth-order valence-electron chi connectivity index (χ4n) is 4.56. The molecule has 0 aliphatic heterocycles. The molecule has 3 aromatic carbocycles. The third kappa shape index (κ3) is 8.75. The molecule has 0 radical (unpaired) electrons. The maximum atomic E-state index is 13.1. The lowest BCUT2D eigenvalue weighted by Gasteiger charge is -2.33. The lowest BCUT2D eigenvalue weighted by molar-refractivity contribution is 0.00543. The predicted octanol–water partition coefficient (Wildman–Crippen LogP) is 5.77. The van der Waals surface area contributed by atoms with Gasteiger partial charge in [-0.15, -0.1) is 0 Å². The molecule has 4 aromatic rings. The maximum absolute atomic E-state index is 13.1. The molecular formula is C34H37N3O6S. The molecule has 0 aliphatic rings.